The molecular formula is C19H17BrN2O. The lowest BCUT2D eigenvalue weighted by Gasteiger charge is -2.05. The molecule has 0 saturated heterocycles. The van der Waals surface area contributed by atoms with Gasteiger partial charge in [-0.2, -0.15) is 5.10 Å². The fourth-order valence-corrected chi connectivity index (χ4v) is 3.07. The maximum absolute atomic E-state index is 12.7. The van der Waals surface area contributed by atoms with Gasteiger partial charge in [-0.3, -0.25) is 4.79 Å². The smallest absolute Gasteiger partial charge is 0.267 e. The summed E-state index contributed by atoms with van der Waals surface area (Å²) in [5.74, 6) is -0.105. The first-order valence-electron chi connectivity index (χ1n) is 7.45. The number of nitrogens with zero attached hydrogens (tertiary/aromatic N) is 2. The van der Waals surface area contributed by atoms with Gasteiger partial charge in [0.25, 0.3) is 5.91 Å². The van der Waals surface area contributed by atoms with Gasteiger partial charge < -0.3 is 0 Å². The third-order valence-corrected chi connectivity index (χ3v) is 4.42. The van der Waals surface area contributed by atoms with E-state index in [1.807, 2.05) is 50.2 Å². The highest BCUT2D eigenvalue weighted by molar-refractivity contribution is 9.10. The van der Waals surface area contributed by atoms with Crippen molar-refractivity contribution in [1.29, 1.82) is 0 Å². The van der Waals surface area contributed by atoms with Crippen molar-refractivity contribution in [3.05, 3.63) is 87.1 Å². The Morgan fingerprint density at radius 3 is 2.52 bits per heavy atom. The highest BCUT2D eigenvalue weighted by atomic mass is 79.9. The lowest BCUT2D eigenvalue weighted by atomic mass is 10.0. The van der Waals surface area contributed by atoms with E-state index in [1.54, 1.807) is 6.07 Å². The Bertz CT molecular complexity index is 853. The first-order valence-corrected chi connectivity index (χ1v) is 8.25. The molecule has 0 fully saturated rings. The number of rotatable bonds is 3. The topological polar surface area (TPSA) is 34.9 Å². The molecule has 0 bridgehead atoms. The summed E-state index contributed by atoms with van der Waals surface area (Å²) in [5.41, 5.74) is 4.75. The molecule has 3 nitrogen and oxygen atoms in total. The second-order valence-corrected chi connectivity index (χ2v) is 6.45. The number of halogens is 1. The largest absolute Gasteiger partial charge is 0.278 e. The van der Waals surface area contributed by atoms with E-state index in [9.17, 15) is 4.79 Å². The van der Waals surface area contributed by atoms with Crippen LogP contribution in [-0.2, 0) is 6.42 Å². The van der Waals surface area contributed by atoms with Crippen LogP contribution >= 0.6 is 15.9 Å². The molecule has 0 aliphatic rings. The van der Waals surface area contributed by atoms with Crippen molar-refractivity contribution in [2.24, 2.45) is 0 Å². The maximum atomic E-state index is 12.7. The van der Waals surface area contributed by atoms with Crippen LogP contribution in [0.4, 0.5) is 0 Å². The SMILES string of the molecule is Cc1nn(C(=O)c2cccc(Br)c2)c(C)c1Cc1ccccc1. The van der Waals surface area contributed by atoms with Crippen LogP contribution in [0.1, 0.15) is 32.9 Å². The van der Waals surface area contributed by atoms with E-state index in [2.05, 4.69) is 33.2 Å². The summed E-state index contributed by atoms with van der Waals surface area (Å²) >= 11 is 3.40. The minimum absolute atomic E-state index is 0.105. The van der Waals surface area contributed by atoms with Crippen LogP contribution in [-0.4, -0.2) is 15.7 Å². The highest BCUT2D eigenvalue weighted by Gasteiger charge is 2.18. The standard InChI is InChI=1S/C19H17BrN2O/c1-13-18(11-15-7-4-3-5-8-15)14(2)22(21-13)19(23)16-9-6-10-17(20)12-16/h3-10,12H,11H2,1-2H3. The fraction of sp³-hybridized carbons (Fsp3) is 0.158. The van der Waals surface area contributed by atoms with Crippen LogP contribution in [0.25, 0.3) is 0 Å². The van der Waals surface area contributed by atoms with E-state index < -0.39 is 0 Å². The Labute approximate surface area is 144 Å². The van der Waals surface area contributed by atoms with Crippen molar-refractivity contribution in [2.45, 2.75) is 20.3 Å². The van der Waals surface area contributed by atoms with Crippen LogP contribution in [0.3, 0.4) is 0 Å². The molecule has 4 heteroatoms. The molecule has 0 atom stereocenters. The second-order valence-electron chi connectivity index (χ2n) is 5.54. The van der Waals surface area contributed by atoms with Gasteiger partial charge in [-0.05, 0) is 37.6 Å². The first-order chi connectivity index (χ1) is 11.1. The number of benzene rings is 2. The van der Waals surface area contributed by atoms with Crippen molar-refractivity contribution in [3.8, 4) is 0 Å². The molecule has 116 valence electrons. The van der Waals surface area contributed by atoms with Crippen molar-refractivity contribution in [3.63, 3.8) is 0 Å². The monoisotopic (exact) mass is 368 g/mol. The number of carbonyl (C=O) groups is 1. The molecule has 2 aromatic carbocycles. The number of aromatic nitrogens is 2. The van der Waals surface area contributed by atoms with Crippen LogP contribution in [0.2, 0.25) is 0 Å². The molecule has 3 rings (SSSR count). The van der Waals surface area contributed by atoms with Crippen LogP contribution < -0.4 is 0 Å². The van der Waals surface area contributed by atoms with Gasteiger partial charge >= 0.3 is 0 Å². The maximum Gasteiger partial charge on any atom is 0.278 e. The quantitative estimate of drug-likeness (QED) is 0.679. The molecule has 0 N–H and O–H groups in total. The molecule has 1 aromatic heterocycles. The second kappa shape index (κ2) is 6.50. The minimum Gasteiger partial charge on any atom is -0.267 e. The summed E-state index contributed by atoms with van der Waals surface area (Å²) in [6, 6.07) is 17.6. The lowest BCUT2D eigenvalue weighted by molar-refractivity contribution is 0.0942. The lowest BCUT2D eigenvalue weighted by Crippen LogP contribution is -2.15. The van der Waals surface area contributed by atoms with E-state index in [4.69, 9.17) is 0 Å². The van der Waals surface area contributed by atoms with E-state index >= 15 is 0 Å². The van der Waals surface area contributed by atoms with Crippen LogP contribution in [0.5, 0.6) is 0 Å². The number of hydrogen-bond acceptors (Lipinski definition) is 2. The number of hydrogen-bond donors (Lipinski definition) is 0. The molecule has 0 spiro atoms. The highest BCUT2D eigenvalue weighted by Crippen LogP contribution is 2.20. The minimum atomic E-state index is -0.105. The summed E-state index contributed by atoms with van der Waals surface area (Å²) < 4.78 is 2.39. The molecule has 3 aromatic rings. The predicted molar refractivity (Wildman–Crippen MR) is 94.8 cm³/mol. The van der Waals surface area contributed by atoms with E-state index in [1.165, 1.54) is 10.2 Å². The fourth-order valence-electron chi connectivity index (χ4n) is 2.67. The normalized spacial score (nSPS) is 10.7. The van der Waals surface area contributed by atoms with Crippen molar-refractivity contribution < 1.29 is 4.79 Å². The van der Waals surface area contributed by atoms with Gasteiger partial charge in [-0.15, -0.1) is 0 Å². The Morgan fingerprint density at radius 1 is 1.09 bits per heavy atom. The van der Waals surface area contributed by atoms with E-state index in [0.29, 0.717) is 5.56 Å². The predicted octanol–water partition coefficient (Wildman–Crippen LogP) is 4.54. The van der Waals surface area contributed by atoms with Crippen molar-refractivity contribution in [2.75, 3.05) is 0 Å². The number of carbonyl (C=O) groups excluding carboxylic acids is 1. The average Bonchev–Trinajstić information content (AvgIpc) is 2.83. The van der Waals surface area contributed by atoms with Gasteiger partial charge in [0.1, 0.15) is 0 Å². The third kappa shape index (κ3) is 3.27. The van der Waals surface area contributed by atoms with Gasteiger partial charge in [0, 0.05) is 27.7 Å². The molecular weight excluding hydrogens is 352 g/mol. The average molecular weight is 369 g/mol. The summed E-state index contributed by atoms with van der Waals surface area (Å²) in [7, 11) is 0. The zero-order valence-electron chi connectivity index (χ0n) is 13.1. The Hall–Kier alpha value is -2.20. The summed E-state index contributed by atoms with van der Waals surface area (Å²) in [6.45, 7) is 3.91. The molecule has 0 aliphatic heterocycles. The molecule has 0 unspecified atom stereocenters. The van der Waals surface area contributed by atoms with Gasteiger partial charge in [-0.1, -0.05) is 52.3 Å². The first kappa shape index (κ1) is 15.7. The summed E-state index contributed by atoms with van der Waals surface area (Å²) in [5, 5.41) is 4.46. The van der Waals surface area contributed by atoms with E-state index in [-0.39, 0.29) is 5.91 Å². The van der Waals surface area contributed by atoms with Crippen molar-refractivity contribution in [1.82, 2.24) is 9.78 Å². The Kier molecular flexibility index (Phi) is 4.44. The molecule has 0 amide bonds. The molecule has 0 radical (unpaired) electrons. The summed E-state index contributed by atoms with van der Waals surface area (Å²) in [6.07, 6.45) is 0.782. The van der Waals surface area contributed by atoms with Crippen molar-refractivity contribution >= 4 is 21.8 Å². The van der Waals surface area contributed by atoms with Gasteiger partial charge in [0.05, 0.1) is 5.69 Å². The molecule has 1 heterocycles. The zero-order valence-corrected chi connectivity index (χ0v) is 14.7. The van der Waals surface area contributed by atoms with Crippen LogP contribution in [0, 0.1) is 13.8 Å². The third-order valence-electron chi connectivity index (χ3n) is 3.93. The van der Waals surface area contributed by atoms with Gasteiger partial charge in [0.2, 0.25) is 0 Å². The summed E-state index contributed by atoms with van der Waals surface area (Å²) in [4.78, 5) is 12.7. The van der Waals surface area contributed by atoms with Gasteiger partial charge in [0.15, 0.2) is 0 Å². The molecule has 0 saturated carbocycles. The Balaban J connectivity index is 1.96. The Morgan fingerprint density at radius 2 is 1.83 bits per heavy atom. The molecule has 0 aliphatic carbocycles. The van der Waals surface area contributed by atoms with E-state index in [0.717, 1.165) is 27.8 Å². The van der Waals surface area contributed by atoms with Crippen LogP contribution in [0.15, 0.2) is 59.1 Å². The zero-order chi connectivity index (χ0) is 16.4. The van der Waals surface area contributed by atoms with Gasteiger partial charge in [-0.25, -0.2) is 4.68 Å². The molecule has 23 heavy (non-hydrogen) atoms. The number of aryl methyl sites for hydroxylation is 1.